The minimum atomic E-state index is -0.252. The van der Waals surface area contributed by atoms with Crippen LogP contribution < -0.4 is 15.5 Å². The first-order valence-electron chi connectivity index (χ1n) is 6.94. The van der Waals surface area contributed by atoms with Crippen LogP contribution in [0.2, 0.25) is 0 Å². The van der Waals surface area contributed by atoms with Gasteiger partial charge in [0.2, 0.25) is 5.91 Å². The summed E-state index contributed by atoms with van der Waals surface area (Å²) in [6.07, 6.45) is 0.807. The number of nitrogens with zero attached hydrogens (tertiary/aromatic N) is 1. The van der Waals surface area contributed by atoms with Gasteiger partial charge in [-0.2, -0.15) is 5.10 Å². The molecule has 0 aromatic heterocycles. The van der Waals surface area contributed by atoms with Crippen LogP contribution in [-0.4, -0.2) is 23.6 Å². The summed E-state index contributed by atoms with van der Waals surface area (Å²) in [7, 11) is 0. The highest BCUT2D eigenvalue weighted by Crippen LogP contribution is 2.13. The van der Waals surface area contributed by atoms with Gasteiger partial charge in [0.1, 0.15) is 11.5 Å². The Morgan fingerprint density at radius 1 is 1.33 bits per heavy atom. The van der Waals surface area contributed by atoms with Crippen LogP contribution in [0.25, 0.3) is 0 Å². The Bertz CT molecular complexity index is 550. The smallest absolute Gasteiger partial charge is 0.267 e. The van der Waals surface area contributed by atoms with E-state index in [1.54, 1.807) is 0 Å². The quantitative estimate of drug-likeness (QED) is 0.859. The predicted octanol–water partition coefficient (Wildman–Crippen LogP) is 1.36. The molecule has 112 valence electrons. The van der Waals surface area contributed by atoms with E-state index in [0.717, 1.165) is 11.3 Å². The first-order valence-corrected chi connectivity index (χ1v) is 6.94. The molecule has 0 atom stereocenters. The molecule has 0 aliphatic carbocycles. The van der Waals surface area contributed by atoms with Gasteiger partial charge in [-0.15, -0.1) is 0 Å². The van der Waals surface area contributed by atoms with Gasteiger partial charge in [0, 0.05) is 19.4 Å². The summed E-state index contributed by atoms with van der Waals surface area (Å²) in [6.45, 7) is 4.35. The van der Waals surface area contributed by atoms with Crippen molar-refractivity contribution in [2.24, 2.45) is 5.10 Å². The van der Waals surface area contributed by atoms with Gasteiger partial charge in [-0.3, -0.25) is 9.59 Å². The van der Waals surface area contributed by atoms with Crippen LogP contribution in [0.15, 0.2) is 29.4 Å². The Balaban J connectivity index is 1.85. The maximum Gasteiger partial charge on any atom is 0.267 e. The summed E-state index contributed by atoms with van der Waals surface area (Å²) in [5, 5.41) is 6.54. The van der Waals surface area contributed by atoms with Gasteiger partial charge in [-0.25, -0.2) is 5.43 Å². The Morgan fingerprint density at radius 3 is 2.62 bits per heavy atom. The van der Waals surface area contributed by atoms with Gasteiger partial charge in [-0.05, 0) is 31.5 Å². The first-order chi connectivity index (χ1) is 10.0. The fraction of sp³-hybridized carbons (Fsp3) is 0.400. The molecule has 0 saturated heterocycles. The summed E-state index contributed by atoms with van der Waals surface area (Å²) in [6, 6.07) is 7.56. The highest BCUT2D eigenvalue weighted by molar-refractivity contribution is 6.39. The molecule has 2 N–H and O–H groups in total. The lowest BCUT2D eigenvalue weighted by molar-refractivity contribution is -0.121. The predicted molar refractivity (Wildman–Crippen MR) is 78.9 cm³/mol. The molecule has 0 spiro atoms. The molecule has 6 heteroatoms. The molecule has 0 saturated carbocycles. The summed E-state index contributed by atoms with van der Waals surface area (Å²) in [5.74, 6) is 0.393. The van der Waals surface area contributed by atoms with E-state index in [1.165, 1.54) is 0 Å². The molecule has 0 unspecified atom stereocenters. The van der Waals surface area contributed by atoms with Gasteiger partial charge in [0.05, 0.1) is 6.10 Å². The maximum absolute atomic E-state index is 11.9. The van der Waals surface area contributed by atoms with Crippen molar-refractivity contribution < 1.29 is 14.3 Å². The molecular weight excluding hydrogens is 270 g/mol. The molecule has 1 aliphatic rings. The Hall–Kier alpha value is -2.37. The lowest BCUT2D eigenvalue weighted by Crippen LogP contribution is -2.36. The zero-order valence-electron chi connectivity index (χ0n) is 12.2. The van der Waals surface area contributed by atoms with Crippen molar-refractivity contribution in [3.8, 4) is 5.75 Å². The molecule has 1 aromatic carbocycles. The van der Waals surface area contributed by atoms with Crippen LogP contribution in [0, 0.1) is 0 Å². The maximum atomic E-state index is 11.9. The third kappa shape index (κ3) is 4.59. The number of hydrogen-bond acceptors (Lipinski definition) is 4. The summed E-state index contributed by atoms with van der Waals surface area (Å²) in [5.41, 5.74) is 3.64. The fourth-order valence-electron chi connectivity index (χ4n) is 1.88. The van der Waals surface area contributed by atoms with E-state index in [4.69, 9.17) is 4.74 Å². The Labute approximate surface area is 123 Å². The van der Waals surface area contributed by atoms with Crippen molar-refractivity contribution in [1.29, 1.82) is 0 Å². The molecule has 2 rings (SSSR count). The minimum Gasteiger partial charge on any atom is -0.491 e. The van der Waals surface area contributed by atoms with Gasteiger partial charge in [-0.1, -0.05) is 12.1 Å². The van der Waals surface area contributed by atoms with E-state index < -0.39 is 0 Å². The monoisotopic (exact) mass is 289 g/mol. The van der Waals surface area contributed by atoms with Gasteiger partial charge < -0.3 is 10.1 Å². The third-order valence-corrected chi connectivity index (χ3v) is 2.91. The third-order valence-electron chi connectivity index (χ3n) is 2.91. The number of ether oxygens (including phenoxy) is 1. The second-order valence-electron chi connectivity index (χ2n) is 5.09. The van der Waals surface area contributed by atoms with Crippen LogP contribution in [0.5, 0.6) is 5.75 Å². The largest absolute Gasteiger partial charge is 0.491 e. The van der Waals surface area contributed by atoms with E-state index >= 15 is 0 Å². The van der Waals surface area contributed by atoms with Crippen LogP contribution >= 0.6 is 0 Å². The normalized spacial score (nSPS) is 14.4. The number of benzene rings is 1. The van der Waals surface area contributed by atoms with E-state index in [0.29, 0.717) is 25.1 Å². The van der Waals surface area contributed by atoms with Crippen LogP contribution in [0.1, 0.15) is 32.3 Å². The van der Waals surface area contributed by atoms with E-state index in [9.17, 15) is 9.59 Å². The molecule has 1 aromatic rings. The SMILES string of the molecule is CC(C)Oc1ccc(CNC(=O)C2=NNC(=O)CC2)cc1. The highest BCUT2D eigenvalue weighted by Gasteiger charge is 2.17. The number of nitrogens with one attached hydrogen (secondary N) is 2. The summed E-state index contributed by atoms with van der Waals surface area (Å²) < 4.78 is 5.55. The zero-order chi connectivity index (χ0) is 15.2. The van der Waals surface area contributed by atoms with E-state index in [1.807, 2.05) is 38.1 Å². The van der Waals surface area contributed by atoms with E-state index in [2.05, 4.69) is 15.8 Å². The van der Waals surface area contributed by atoms with Crippen molar-refractivity contribution in [2.75, 3.05) is 0 Å². The lowest BCUT2D eigenvalue weighted by Gasteiger charge is -2.12. The fourth-order valence-corrected chi connectivity index (χ4v) is 1.88. The number of rotatable bonds is 5. The first kappa shape index (κ1) is 15.0. The molecule has 0 bridgehead atoms. The van der Waals surface area contributed by atoms with Gasteiger partial charge in [0.15, 0.2) is 0 Å². The molecule has 21 heavy (non-hydrogen) atoms. The Morgan fingerprint density at radius 2 is 2.05 bits per heavy atom. The van der Waals surface area contributed by atoms with Crippen molar-refractivity contribution >= 4 is 17.5 Å². The molecular formula is C15H19N3O3. The lowest BCUT2D eigenvalue weighted by atomic mass is 10.1. The highest BCUT2D eigenvalue weighted by atomic mass is 16.5. The van der Waals surface area contributed by atoms with Crippen molar-refractivity contribution in [3.05, 3.63) is 29.8 Å². The van der Waals surface area contributed by atoms with Crippen LogP contribution in [0.4, 0.5) is 0 Å². The second-order valence-corrected chi connectivity index (χ2v) is 5.09. The van der Waals surface area contributed by atoms with Gasteiger partial charge >= 0.3 is 0 Å². The molecule has 2 amide bonds. The molecule has 1 heterocycles. The average molecular weight is 289 g/mol. The van der Waals surface area contributed by atoms with Crippen molar-refractivity contribution in [2.45, 2.75) is 39.3 Å². The Kier molecular flexibility index (Phi) is 4.92. The standard InChI is InChI=1S/C15H19N3O3/c1-10(2)21-12-5-3-11(4-6-12)9-16-15(20)13-7-8-14(19)18-17-13/h3-6,10H,7-9H2,1-2H3,(H,16,20)(H,18,19). The van der Waals surface area contributed by atoms with Crippen molar-refractivity contribution in [3.63, 3.8) is 0 Å². The number of hydrogen-bond donors (Lipinski definition) is 2. The van der Waals surface area contributed by atoms with Crippen molar-refractivity contribution in [1.82, 2.24) is 10.7 Å². The summed E-state index contributed by atoms with van der Waals surface area (Å²) in [4.78, 5) is 22.8. The second kappa shape index (κ2) is 6.88. The number of carbonyl (C=O) groups is 2. The number of amides is 2. The zero-order valence-corrected chi connectivity index (χ0v) is 12.2. The summed E-state index contributed by atoms with van der Waals surface area (Å²) >= 11 is 0. The van der Waals surface area contributed by atoms with Gasteiger partial charge in [0.25, 0.3) is 5.91 Å². The number of hydrazone groups is 1. The van der Waals surface area contributed by atoms with E-state index in [-0.39, 0.29) is 17.9 Å². The van der Waals surface area contributed by atoms with Crippen LogP contribution in [-0.2, 0) is 16.1 Å². The topological polar surface area (TPSA) is 79.8 Å². The molecule has 0 radical (unpaired) electrons. The number of carbonyl (C=O) groups excluding carboxylic acids is 2. The molecule has 0 fully saturated rings. The average Bonchev–Trinajstić information content (AvgIpc) is 2.46. The molecule has 6 nitrogen and oxygen atoms in total. The molecule has 1 aliphatic heterocycles. The van der Waals surface area contributed by atoms with Crippen LogP contribution in [0.3, 0.4) is 0 Å². The minimum absolute atomic E-state index is 0.134.